The molecule has 1 fully saturated rings. The normalized spacial score (nSPS) is 26.7. The van der Waals surface area contributed by atoms with Crippen LogP contribution in [0.5, 0.6) is 11.5 Å². The fraction of sp³-hybridized carbons (Fsp3) is 0.739. The van der Waals surface area contributed by atoms with Gasteiger partial charge in [0.25, 0.3) is 0 Å². The average molecular weight is 361 g/mol. The Hall–Kier alpha value is -1.22. The van der Waals surface area contributed by atoms with Crippen molar-refractivity contribution in [1.82, 2.24) is 0 Å². The highest BCUT2D eigenvalue weighted by atomic mass is 16.5. The van der Waals surface area contributed by atoms with Gasteiger partial charge in [0.1, 0.15) is 17.1 Å². The summed E-state index contributed by atoms with van der Waals surface area (Å²) in [6, 6.07) is 4.16. The molecule has 0 amide bonds. The number of methoxy groups -OCH3 is 1. The zero-order chi connectivity index (χ0) is 18.7. The summed E-state index contributed by atoms with van der Waals surface area (Å²) in [5.74, 6) is 2.09. The zero-order valence-corrected chi connectivity index (χ0v) is 17.0. The van der Waals surface area contributed by atoms with Crippen LogP contribution in [0.15, 0.2) is 12.1 Å². The van der Waals surface area contributed by atoms with Gasteiger partial charge in [-0.15, -0.1) is 0 Å². The Labute approximate surface area is 159 Å². The Kier molecular flexibility index (Phi) is 6.17. The Balaban J connectivity index is 1.80. The first-order chi connectivity index (χ1) is 12.5. The average Bonchev–Trinajstić information content (AvgIpc) is 2.60. The molecular weight excluding hydrogens is 324 g/mol. The number of hydrogen-bond donors (Lipinski definition) is 1. The lowest BCUT2D eigenvalue weighted by molar-refractivity contribution is -0.0412. The molecule has 1 N–H and O–H groups in total. The smallest absolute Gasteiger partial charge is 0.127 e. The van der Waals surface area contributed by atoms with Gasteiger partial charge in [-0.2, -0.15) is 0 Å². The maximum Gasteiger partial charge on any atom is 0.127 e. The van der Waals surface area contributed by atoms with Gasteiger partial charge in [0.05, 0.1) is 6.10 Å². The second-order valence-corrected chi connectivity index (χ2v) is 8.78. The minimum absolute atomic E-state index is 0.192. The number of phenols is 1. The van der Waals surface area contributed by atoms with E-state index in [1.54, 1.807) is 7.11 Å². The largest absolute Gasteiger partial charge is 0.508 e. The van der Waals surface area contributed by atoms with Crippen LogP contribution in [0.2, 0.25) is 0 Å². The standard InChI is InChI=1S/C23H36O3/c1-5-6-7-8-9-10-16-13-20(24)22-18-15-17(25-4)11-12-19(18)23(2,3)26-21(22)14-16/h13-14,17-19,24H,5-12,15H2,1-4H3/t17-,18+,19+/m0/s1. The minimum atomic E-state index is -0.192. The van der Waals surface area contributed by atoms with Crippen LogP contribution in [-0.4, -0.2) is 23.9 Å². The van der Waals surface area contributed by atoms with Crippen molar-refractivity contribution in [2.24, 2.45) is 5.92 Å². The van der Waals surface area contributed by atoms with Crippen molar-refractivity contribution >= 4 is 0 Å². The number of benzene rings is 1. The molecule has 3 rings (SSSR count). The highest BCUT2D eigenvalue weighted by Crippen LogP contribution is 2.54. The Morgan fingerprint density at radius 2 is 1.92 bits per heavy atom. The highest BCUT2D eigenvalue weighted by molar-refractivity contribution is 5.52. The van der Waals surface area contributed by atoms with E-state index in [-0.39, 0.29) is 11.7 Å². The van der Waals surface area contributed by atoms with Gasteiger partial charge in [0, 0.05) is 24.5 Å². The Morgan fingerprint density at radius 3 is 2.65 bits per heavy atom. The van der Waals surface area contributed by atoms with Crippen LogP contribution in [-0.2, 0) is 11.2 Å². The lowest BCUT2D eigenvalue weighted by atomic mass is 9.66. The summed E-state index contributed by atoms with van der Waals surface area (Å²) in [6.45, 7) is 6.65. The van der Waals surface area contributed by atoms with Gasteiger partial charge < -0.3 is 14.6 Å². The monoisotopic (exact) mass is 360 g/mol. The molecule has 3 atom stereocenters. The quantitative estimate of drug-likeness (QED) is 0.608. The molecule has 0 bridgehead atoms. The molecule has 0 unspecified atom stereocenters. The van der Waals surface area contributed by atoms with Crippen molar-refractivity contribution in [3.05, 3.63) is 23.3 Å². The van der Waals surface area contributed by atoms with E-state index in [0.29, 0.717) is 17.6 Å². The van der Waals surface area contributed by atoms with E-state index in [2.05, 4.69) is 26.8 Å². The molecule has 0 radical (unpaired) electrons. The van der Waals surface area contributed by atoms with Crippen molar-refractivity contribution in [1.29, 1.82) is 0 Å². The number of hydrogen-bond acceptors (Lipinski definition) is 3. The van der Waals surface area contributed by atoms with Crippen molar-refractivity contribution < 1.29 is 14.6 Å². The number of unbranched alkanes of at least 4 members (excludes halogenated alkanes) is 4. The van der Waals surface area contributed by atoms with E-state index < -0.39 is 0 Å². The van der Waals surface area contributed by atoms with E-state index in [1.807, 2.05) is 6.07 Å². The topological polar surface area (TPSA) is 38.7 Å². The summed E-state index contributed by atoms with van der Waals surface area (Å²) >= 11 is 0. The van der Waals surface area contributed by atoms with Crippen molar-refractivity contribution in [3.8, 4) is 11.5 Å². The molecule has 1 aliphatic heterocycles. The van der Waals surface area contributed by atoms with E-state index in [4.69, 9.17) is 9.47 Å². The molecule has 0 spiro atoms. The molecule has 3 heteroatoms. The van der Waals surface area contributed by atoms with Crippen LogP contribution in [0.3, 0.4) is 0 Å². The summed E-state index contributed by atoms with van der Waals surface area (Å²) in [5, 5.41) is 10.8. The lowest BCUT2D eigenvalue weighted by Gasteiger charge is -2.49. The molecule has 26 heavy (non-hydrogen) atoms. The predicted molar refractivity (Wildman–Crippen MR) is 106 cm³/mol. The minimum Gasteiger partial charge on any atom is -0.508 e. The van der Waals surface area contributed by atoms with E-state index in [1.165, 1.54) is 37.7 Å². The molecule has 1 aromatic carbocycles. The number of aryl methyl sites for hydroxylation is 1. The van der Waals surface area contributed by atoms with Gasteiger partial charge in [-0.25, -0.2) is 0 Å². The molecule has 2 aliphatic rings. The molecule has 1 aromatic rings. The van der Waals surface area contributed by atoms with E-state index >= 15 is 0 Å². The van der Waals surface area contributed by atoms with E-state index in [9.17, 15) is 5.11 Å². The SMILES string of the molecule is CCCCCCCc1cc(O)c2c(c1)OC(C)(C)[C@@H]1CC[C@H](OC)C[C@@H]21. The van der Waals surface area contributed by atoms with Crippen LogP contribution >= 0.6 is 0 Å². The van der Waals surface area contributed by atoms with Gasteiger partial charge >= 0.3 is 0 Å². The zero-order valence-electron chi connectivity index (χ0n) is 17.0. The maximum atomic E-state index is 10.8. The lowest BCUT2D eigenvalue weighted by Crippen LogP contribution is -2.47. The molecule has 3 nitrogen and oxygen atoms in total. The van der Waals surface area contributed by atoms with E-state index in [0.717, 1.165) is 37.0 Å². The number of ether oxygens (including phenoxy) is 2. The predicted octanol–water partition coefficient (Wildman–Crippen LogP) is 5.97. The number of fused-ring (bicyclic) bond motifs is 3. The number of aromatic hydroxyl groups is 1. The van der Waals surface area contributed by atoms with Crippen LogP contribution in [0.1, 0.15) is 89.2 Å². The molecule has 1 aliphatic carbocycles. The molecule has 146 valence electrons. The third-order valence-corrected chi connectivity index (χ3v) is 6.52. The summed E-state index contributed by atoms with van der Waals surface area (Å²) in [4.78, 5) is 0. The Morgan fingerprint density at radius 1 is 1.15 bits per heavy atom. The summed E-state index contributed by atoms with van der Waals surface area (Å²) in [7, 11) is 1.80. The van der Waals surface area contributed by atoms with Crippen molar-refractivity contribution in [2.45, 2.75) is 96.2 Å². The summed E-state index contributed by atoms with van der Waals surface area (Å²) in [5.41, 5.74) is 2.03. The first-order valence-corrected chi connectivity index (χ1v) is 10.5. The van der Waals surface area contributed by atoms with Crippen molar-refractivity contribution in [2.75, 3.05) is 7.11 Å². The maximum absolute atomic E-state index is 10.8. The fourth-order valence-electron chi connectivity index (χ4n) is 5.06. The highest BCUT2D eigenvalue weighted by Gasteiger charge is 2.47. The van der Waals surface area contributed by atoms with Crippen molar-refractivity contribution in [3.63, 3.8) is 0 Å². The third-order valence-electron chi connectivity index (χ3n) is 6.52. The first kappa shape index (κ1) is 19.5. The summed E-state index contributed by atoms with van der Waals surface area (Å²) < 4.78 is 12.1. The van der Waals surface area contributed by atoms with Gasteiger partial charge in [-0.3, -0.25) is 0 Å². The second-order valence-electron chi connectivity index (χ2n) is 8.78. The van der Waals surface area contributed by atoms with Crippen LogP contribution in [0, 0.1) is 5.92 Å². The molecule has 0 aromatic heterocycles. The Bertz CT molecular complexity index is 608. The third kappa shape index (κ3) is 4.03. The molecule has 1 heterocycles. The van der Waals surface area contributed by atoms with Gasteiger partial charge in [0.15, 0.2) is 0 Å². The molecule has 1 saturated carbocycles. The van der Waals surface area contributed by atoms with Gasteiger partial charge in [-0.1, -0.05) is 32.6 Å². The summed E-state index contributed by atoms with van der Waals surface area (Å²) in [6.07, 6.45) is 10.8. The van der Waals surface area contributed by atoms with Gasteiger partial charge in [0.2, 0.25) is 0 Å². The van der Waals surface area contributed by atoms with Crippen LogP contribution in [0.4, 0.5) is 0 Å². The molecular formula is C23H36O3. The number of phenolic OH excluding ortho intramolecular Hbond substituents is 1. The first-order valence-electron chi connectivity index (χ1n) is 10.5. The molecule has 0 saturated heterocycles. The van der Waals surface area contributed by atoms with Crippen LogP contribution < -0.4 is 4.74 Å². The van der Waals surface area contributed by atoms with Gasteiger partial charge in [-0.05, 0) is 63.6 Å². The van der Waals surface area contributed by atoms with Crippen LogP contribution in [0.25, 0.3) is 0 Å². The number of rotatable bonds is 7. The second kappa shape index (κ2) is 8.21. The fourth-order valence-corrected chi connectivity index (χ4v) is 5.06.